The van der Waals surface area contributed by atoms with Gasteiger partial charge in [0.05, 0.1) is 13.5 Å². The Morgan fingerprint density at radius 1 is 1.71 bits per heavy atom. The van der Waals surface area contributed by atoms with Gasteiger partial charge in [-0.15, -0.1) is 0 Å². The van der Waals surface area contributed by atoms with Gasteiger partial charge >= 0.3 is 5.97 Å². The summed E-state index contributed by atoms with van der Waals surface area (Å²) in [5.74, 6) is -0.171. The van der Waals surface area contributed by atoms with Crippen molar-refractivity contribution >= 4 is 17.3 Å². The Labute approximate surface area is 88.1 Å². The minimum Gasteiger partial charge on any atom is -0.469 e. The Balaban J connectivity index is 2.22. The van der Waals surface area contributed by atoms with Crippen molar-refractivity contribution in [1.29, 1.82) is 0 Å². The SMILES string of the molecule is COC(=O)CCNC(C)c1ccsc1. The average molecular weight is 213 g/mol. The second-order valence-corrected chi connectivity index (χ2v) is 3.84. The summed E-state index contributed by atoms with van der Waals surface area (Å²) in [6.45, 7) is 2.74. The molecule has 0 aliphatic heterocycles. The smallest absolute Gasteiger partial charge is 0.306 e. The molecule has 1 atom stereocenters. The van der Waals surface area contributed by atoms with Gasteiger partial charge in [-0.2, -0.15) is 11.3 Å². The first-order valence-electron chi connectivity index (χ1n) is 4.56. The van der Waals surface area contributed by atoms with Crippen LogP contribution in [0.5, 0.6) is 0 Å². The molecule has 0 bridgehead atoms. The molecule has 1 N–H and O–H groups in total. The van der Waals surface area contributed by atoms with Crippen LogP contribution in [0.1, 0.15) is 24.9 Å². The molecular formula is C10H15NO2S. The Bertz CT molecular complexity index is 272. The number of hydrogen-bond acceptors (Lipinski definition) is 4. The van der Waals surface area contributed by atoms with Crippen molar-refractivity contribution < 1.29 is 9.53 Å². The van der Waals surface area contributed by atoms with E-state index in [4.69, 9.17) is 0 Å². The summed E-state index contributed by atoms with van der Waals surface area (Å²) in [5, 5.41) is 7.41. The zero-order valence-electron chi connectivity index (χ0n) is 8.45. The molecule has 3 nitrogen and oxygen atoms in total. The van der Waals surface area contributed by atoms with Crippen LogP contribution in [0.2, 0.25) is 0 Å². The Kier molecular flexibility index (Phi) is 4.62. The molecule has 4 heteroatoms. The summed E-state index contributed by atoms with van der Waals surface area (Å²) in [7, 11) is 1.41. The van der Waals surface area contributed by atoms with Crippen LogP contribution >= 0.6 is 11.3 Å². The Morgan fingerprint density at radius 3 is 3.07 bits per heavy atom. The average Bonchev–Trinajstić information content (AvgIpc) is 2.70. The lowest BCUT2D eigenvalue weighted by Gasteiger charge is -2.11. The lowest BCUT2D eigenvalue weighted by molar-refractivity contribution is -0.140. The first kappa shape index (κ1) is 11.2. The van der Waals surface area contributed by atoms with E-state index in [2.05, 4.69) is 28.4 Å². The summed E-state index contributed by atoms with van der Waals surface area (Å²) in [6, 6.07) is 2.38. The quantitative estimate of drug-likeness (QED) is 0.760. The zero-order chi connectivity index (χ0) is 10.4. The van der Waals surface area contributed by atoms with Gasteiger partial charge in [0, 0.05) is 12.6 Å². The molecule has 1 unspecified atom stereocenters. The van der Waals surface area contributed by atoms with Crippen LogP contribution in [0, 0.1) is 0 Å². The van der Waals surface area contributed by atoms with E-state index in [1.165, 1.54) is 12.7 Å². The maximum Gasteiger partial charge on any atom is 0.306 e. The summed E-state index contributed by atoms with van der Waals surface area (Å²) in [5.41, 5.74) is 1.26. The minimum atomic E-state index is -0.171. The molecule has 1 rings (SSSR count). The molecule has 0 saturated heterocycles. The number of carbonyl (C=O) groups excluding carboxylic acids is 1. The van der Waals surface area contributed by atoms with E-state index >= 15 is 0 Å². The first-order chi connectivity index (χ1) is 6.74. The Hall–Kier alpha value is -0.870. The molecule has 0 radical (unpaired) electrons. The predicted molar refractivity (Wildman–Crippen MR) is 57.4 cm³/mol. The van der Waals surface area contributed by atoms with Gasteiger partial charge in [0.25, 0.3) is 0 Å². The second kappa shape index (κ2) is 5.78. The van der Waals surface area contributed by atoms with Crippen molar-refractivity contribution in [2.24, 2.45) is 0 Å². The third-order valence-corrected chi connectivity index (χ3v) is 2.75. The van der Waals surface area contributed by atoms with Gasteiger partial charge in [0.15, 0.2) is 0 Å². The highest BCUT2D eigenvalue weighted by atomic mass is 32.1. The molecule has 14 heavy (non-hydrogen) atoms. The Morgan fingerprint density at radius 2 is 2.50 bits per heavy atom. The van der Waals surface area contributed by atoms with E-state index < -0.39 is 0 Å². The van der Waals surface area contributed by atoms with Gasteiger partial charge in [-0.05, 0) is 29.3 Å². The van der Waals surface area contributed by atoms with Crippen molar-refractivity contribution in [1.82, 2.24) is 5.32 Å². The number of thiophene rings is 1. The number of rotatable bonds is 5. The van der Waals surface area contributed by atoms with Crippen LogP contribution in [0.3, 0.4) is 0 Å². The number of esters is 1. The van der Waals surface area contributed by atoms with Gasteiger partial charge in [-0.25, -0.2) is 0 Å². The van der Waals surface area contributed by atoms with Crippen molar-refractivity contribution in [2.45, 2.75) is 19.4 Å². The van der Waals surface area contributed by atoms with Crippen molar-refractivity contribution in [3.63, 3.8) is 0 Å². The van der Waals surface area contributed by atoms with E-state index in [1.807, 2.05) is 5.38 Å². The lowest BCUT2D eigenvalue weighted by Crippen LogP contribution is -2.21. The lowest BCUT2D eigenvalue weighted by atomic mass is 10.2. The van der Waals surface area contributed by atoms with Gasteiger partial charge in [0.1, 0.15) is 0 Å². The second-order valence-electron chi connectivity index (χ2n) is 3.06. The first-order valence-corrected chi connectivity index (χ1v) is 5.50. The van der Waals surface area contributed by atoms with E-state index in [-0.39, 0.29) is 5.97 Å². The molecular weight excluding hydrogens is 198 g/mol. The summed E-state index contributed by atoms with van der Waals surface area (Å²) >= 11 is 1.68. The molecule has 0 aliphatic carbocycles. The number of hydrogen-bond donors (Lipinski definition) is 1. The van der Waals surface area contributed by atoms with Crippen LogP contribution in [0.25, 0.3) is 0 Å². The number of nitrogens with one attached hydrogen (secondary N) is 1. The maximum absolute atomic E-state index is 10.8. The molecule has 1 heterocycles. The summed E-state index contributed by atoms with van der Waals surface area (Å²) in [6.07, 6.45) is 0.422. The highest BCUT2D eigenvalue weighted by Crippen LogP contribution is 2.15. The molecule has 0 spiro atoms. The fourth-order valence-corrected chi connectivity index (χ4v) is 1.89. The third-order valence-electron chi connectivity index (χ3n) is 2.05. The molecule has 0 amide bonds. The normalized spacial score (nSPS) is 12.4. The molecule has 0 fully saturated rings. The summed E-state index contributed by atoms with van der Waals surface area (Å²) < 4.78 is 4.55. The van der Waals surface area contributed by atoms with Crippen molar-refractivity contribution in [3.05, 3.63) is 22.4 Å². The fourth-order valence-electron chi connectivity index (χ4n) is 1.13. The molecule has 0 aromatic carbocycles. The molecule has 1 aromatic heterocycles. The van der Waals surface area contributed by atoms with Crippen LogP contribution in [-0.2, 0) is 9.53 Å². The van der Waals surface area contributed by atoms with E-state index in [0.29, 0.717) is 19.0 Å². The van der Waals surface area contributed by atoms with E-state index in [0.717, 1.165) is 0 Å². The number of carbonyl (C=O) groups is 1. The largest absolute Gasteiger partial charge is 0.469 e. The topological polar surface area (TPSA) is 38.3 Å². The molecule has 0 aliphatic rings. The van der Waals surface area contributed by atoms with E-state index in [9.17, 15) is 4.79 Å². The predicted octanol–water partition coefficient (Wildman–Crippen LogP) is 1.96. The minimum absolute atomic E-state index is 0.171. The van der Waals surface area contributed by atoms with Crippen LogP contribution < -0.4 is 5.32 Å². The maximum atomic E-state index is 10.8. The molecule has 78 valence electrons. The summed E-state index contributed by atoms with van der Waals surface area (Å²) in [4.78, 5) is 10.8. The number of methoxy groups -OCH3 is 1. The van der Waals surface area contributed by atoms with Crippen LogP contribution in [0.15, 0.2) is 16.8 Å². The van der Waals surface area contributed by atoms with Gasteiger partial charge in [-0.3, -0.25) is 4.79 Å². The highest BCUT2D eigenvalue weighted by Gasteiger charge is 2.05. The number of ether oxygens (including phenoxy) is 1. The molecule has 0 saturated carbocycles. The monoisotopic (exact) mass is 213 g/mol. The van der Waals surface area contributed by atoms with E-state index in [1.54, 1.807) is 11.3 Å². The molecule has 1 aromatic rings. The van der Waals surface area contributed by atoms with Gasteiger partial charge < -0.3 is 10.1 Å². The van der Waals surface area contributed by atoms with Crippen LogP contribution in [0.4, 0.5) is 0 Å². The standard InChI is InChI=1S/C10H15NO2S/c1-8(9-4-6-14-7-9)11-5-3-10(12)13-2/h4,6-8,11H,3,5H2,1-2H3. The van der Waals surface area contributed by atoms with Crippen molar-refractivity contribution in [2.75, 3.05) is 13.7 Å². The van der Waals surface area contributed by atoms with Gasteiger partial charge in [0.2, 0.25) is 0 Å². The van der Waals surface area contributed by atoms with Crippen LogP contribution in [-0.4, -0.2) is 19.6 Å². The highest BCUT2D eigenvalue weighted by molar-refractivity contribution is 7.07. The fraction of sp³-hybridized carbons (Fsp3) is 0.500. The van der Waals surface area contributed by atoms with Gasteiger partial charge in [-0.1, -0.05) is 0 Å². The van der Waals surface area contributed by atoms with Crippen molar-refractivity contribution in [3.8, 4) is 0 Å². The zero-order valence-corrected chi connectivity index (χ0v) is 9.26. The third kappa shape index (κ3) is 3.47.